The van der Waals surface area contributed by atoms with Crippen LogP contribution in [0.1, 0.15) is 12.5 Å². The van der Waals surface area contributed by atoms with Crippen LogP contribution < -0.4 is 4.74 Å². The van der Waals surface area contributed by atoms with Gasteiger partial charge < -0.3 is 4.74 Å². The van der Waals surface area contributed by atoms with Crippen LogP contribution in [0.3, 0.4) is 0 Å². The Labute approximate surface area is 93.8 Å². The van der Waals surface area contributed by atoms with Crippen LogP contribution >= 0.6 is 12.2 Å². The van der Waals surface area contributed by atoms with E-state index >= 15 is 0 Å². The molecule has 78 valence electrons. The Bertz CT molecular complexity index is 380. The van der Waals surface area contributed by atoms with Crippen molar-refractivity contribution in [1.82, 2.24) is 0 Å². The fraction of sp³-hybridized carbons (Fsp3) is 0.273. The van der Waals surface area contributed by atoms with Gasteiger partial charge in [-0.25, -0.2) is 0 Å². The largest absolute Gasteiger partial charge is 0.484 e. The van der Waals surface area contributed by atoms with Crippen LogP contribution in [0, 0.1) is 0 Å². The van der Waals surface area contributed by atoms with Gasteiger partial charge in [-0.05, 0) is 36.3 Å². The second-order valence-corrected chi connectivity index (χ2v) is 3.07. The molecule has 0 unspecified atom stereocenters. The van der Waals surface area contributed by atoms with Gasteiger partial charge in [0.1, 0.15) is 5.75 Å². The first-order chi connectivity index (χ1) is 7.26. The predicted molar refractivity (Wildman–Crippen MR) is 61.3 cm³/mol. The Morgan fingerprint density at radius 2 is 2.13 bits per heavy atom. The van der Waals surface area contributed by atoms with Crippen LogP contribution in [0.5, 0.6) is 5.75 Å². The lowest BCUT2D eigenvalue weighted by molar-refractivity contribution is -0.119. The average Bonchev–Trinajstić information content (AvgIpc) is 2.27. The molecule has 0 saturated carbocycles. The number of aliphatic imine (C=N–C) groups is 1. The molecule has 0 bridgehead atoms. The molecular formula is C11H11NO2S. The van der Waals surface area contributed by atoms with Crippen molar-refractivity contribution in [3.8, 4) is 5.75 Å². The third-order valence-electron chi connectivity index (χ3n) is 1.86. The number of amides is 1. The molecule has 0 heterocycles. The number of isothiocyanates is 1. The number of thiocarbonyl (C=S) groups is 1. The maximum atomic E-state index is 10.9. The number of hydrogen-bond donors (Lipinski definition) is 0. The van der Waals surface area contributed by atoms with Gasteiger partial charge in [-0.15, -0.1) is 0 Å². The van der Waals surface area contributed by atoms with Gasteiger partial charge in [-0.2, -0.15) is 4.99 Å². The van der Waals surface area contributed by atoms with E-state index in [1.54, 1.807) is 0 Å². The van der Waals surface area contributed by atoms with Crippen molar-refractivity contribution in [2.45, 2.75) is 13.3 Å². The van der Waals surface area contributed by atoms with Crippen molar-refractivity contribution < 1.29 is 9.53 Å². The SMILES string of the molecule is CCc1ccc(OCC(=O)N=C=S)cc1. The zero-order chi connectivity index (χ0) is 11.1. The Kier molecular flexibility index (Phi) is 4.68. The topological polar surface area (TPSA) is 38.7 Å². The number of nitrogens with zero attached hydrogens (tertiary/aromatic N) is 1. The second-order valence-electron chi connectivity index (χ2n) is 2.88. The molecule has 0 aliphatic heterocycles. The van der Waals surface area contributed by atoms with Crippen molar-refractivity contribution in [3.63, 3.8) is 0 Å². The minimum absolute atomic E-state index is 0.102. The van der Waals surface area contributed by atoms with Gasteiger partial charge in [0.05, 0.1) is 5.16 Å². The lowest BCUT2D eigenvalue weighted by atomic mass is 10.2. The zero-order valence-electron chi connectivity index (χ0n) is 8.40. The molecule has 3 nitrogen and oxygen atoms in total. The van der Waals surface area contributed by atoms with E-state index in [4.69, 9.17) is 4.74 Å². The number of benzene rings is 1. The van der Waals surface area contributed by atoms with E-state index in [-0.39, 0.29) is 6.61 Å². The summed E-state index contributed by atoms with van der Waals surface area (Å²) >= 11 is 4.30. The van der Waals surface area contributed by atoms with E-state index in [9.17, 15) is 4.79 Å². The average molecular weight is 221 g/mol. The molecule has 0 aliphatic rings. The summed E-state index contributed by atoms with van der Waals surface area (Å²) in [6, 6.07) is 7.57. The number of hydrogen-bond acceptors (Lipinski definition) is 3. The molecule has 1 aromatic rings. The van der Waals surface area contributed by atoms with E-state index in [1.165, 1.54) is 5.56 Å². The maximum absolute atomic E-state index is 10.9. The highest BCUT2D eigenvalue weighted by molar-refractivity contribution is 7.78. The third kappa shape index (κ3) is 4.02. The van der Waals surface area contributed by atoms with Gasteiger partial charge in [0.15, 0.2) is 6.61 Å². The predicted octanol–water partition coefficient (Wildman–Crippen LogP) is 2.26. The Morgan fingerprint density at radius 1 is 1.47 bits per heavy atom. The molecule has 0 saturated heterocycles. The van der Waals surface area contributed by atoms with Crippen molar-refractivity contribution in [2.24, 2.45) is 4.99 Å². The van der Waals surface area contributed by atoms with E-state index < -0.39 is 5.91 Å². The van der Waals surface area contributed by atoms with E-state index in [0.717, 1.165) is 6.42 Å². The maximum Gasteiger partial charge on any atom is 0.292 e. The molecule has 4 heteroatoms. The summed E-state index contributed by atoms with van der Waals surface area (Å²) in [6.45, 7) is 1.97. The molecule has 15 heavy (non-hydrogen) atoms. The number of ether oxygens (including phenoxy) is 1. The van der Waals surface area contributed by atoms with Gasteiger partial charge in [-0.3, -0.25) is 4.79 Å². The summed E-state index contributed by atoms with van der Waals surface area (Å²) in [5, 5.41) is 2.00. The molecule has 0 radical (unpaired) electrons. The van der Waals surface area contributed by atoms with Crippen LogP contribution in [0.15, 0.2) is 29.3 Å². The monoisotopic (exact) mass is 221 g/mol. The lowest BCUT2D eigenvalue weighted by Gasteiger charge is -2.03. The van der Waals surface area contributed by atoms with Crippen molar-refractivity contribution in [2.75, 3.05) is 6.61 Å². The molecule has 0 spiro atoms. The van der Waals surface area contributed by atoms with Crippen molar-refractivity contribution in [3.05, 3.63) is 29.8 Å². The highest BCUT2D eigenvalue weighted by Gasteiger charge is 1.99. The van der Waals surface area contributed by atoms with Crippen LogP contribution in [0.25, 0.3) is 0 Å². The van der Waals surface area contributed by atoms with Gasteiger partial charge >= 0.3 is 0 Å². The lowest BCUT2D eigenvalue weighted by Crippen LogP contribution is -2.07. The first-order valence-corrected chi connectivity index (χ1v) is 4.99. The summed E-state index contributed by atoms with van der Waals surface area (Å²) in [5.41, 5.74) is 1.23. The van der Waals surface area contributed by atoms with E-state index in [0.29, 0.717) is 5.75 Å². The summed E-state index contributed by atoms with van der Waals surface area (Å²) in [7, 11) is 0. The van der Waals surface area contributed by atoms with Crippen LogP contribution in [-0.2, 0) is 11.2 Å². The minimum Gasteiger partial charge on any atom is -0.484 e. The fourth-order valence-corrected chi connectivity index (χ4v) is 1.15. The summed E-state index contributed by atoms with van der Waals surface area (Å²) in [5.74, 6) is 0.227. The molecule has 0 atom stereocenters. The number of carbonyl (C=O) groups is 1. The van der Waals surface area contributed by atoms with Crippen molar-refractivity contribution >= 4 is 23.3 Å². The Morgan fingerprint density at radius 3 is 2.67 bits per heavy atom. The van der Waals surface area contributed by atoms with Crippen LogP contribution in [0.2, 0.25) is 0 Å². The van der Waals surface area contributed by atoms with Gasteiger partial charge in [0, 0.05) is 0 Å². The van der Waals surface area contributed by atoms with Crippen LogP contribution in [-0.4, -0.2) is 17.7 Å². The van der Waals surface area contributed by atoms with Crippen molar-refractivity contribution in [1.29, 1.82) is 0 Å². The standard InChI is InChI=1S/C11H11NO2S/c1-2-9-3-5-10(6-4-9)14-7-11(13)12-8-15/h3-6H,2,7H2,1H3. The first-order valence-electron chi connectivity index (χ1n) is 4.58. The van der Waals surface area contributed by atoms with Gasteiger partial charge in [0.25, 0.3) is 5.91 Å². The third-order valence-corrected chi connectivity index (χ3v) is 1.96. The molecule has 0 aliphatic carbocycles. The second kappa shape index (κ2) is 6.06. The summed E-state index contributed by atoms with van der Waals surface area (Å²) < 4.78 is 5.19. The molecule has 1 aromatic carbocycles. The highest BCUT2D eigenvalue weighted by atomic mass is 32.1. The smallest absolute Gasteiger partial charge is 0.292 e. The molecule has 1 rings (SSSR count). The van der Waals surface area contributed by atoms with E-state index in [1.807, 2.05) is 29.4 Å². The van der Waals surface area contributed by atoms with Gasteiger partial charge in [0.2, 0.25) is 0 Å². The fourth-order valence-electron chi connectivity index (χ4n) is 1.05. The molecule has 0 N–H and O–H groups in total. The number of carbonyl (C=O) groups excluding carboxylic acids is 1. The number of rotatable bonds is 4. The van der Waals surface area contributed by atoms with E-state index in [2.05, 4.69) is 24.1 Å². The summed E-state index contributed by atoms with van der Waals surface area (Å²) in [4.78, 5) is 14.2. The highest BCUT2D eigenvalue weighted by Crippen LogP contribution is 2.12. The quantitative estimate of drug-likeness (QED) is 0.578. The number of aryl methyl sites for hydroxylation is 1. The molecule has 0 fully saturated rings. The Hall–Kier alpha value is -1.51. The summed E-state index contributed by atoms with van der Waals surface area (Å²) in [6.07, 6.45) is 0.981. The van der Waals surface area contributed by atoms with Gasteiger partial charge in [-0.1, -0.05) is 19.1 Å². The molecular weight excluding hydrogens is 210 g/mol. The first kappa shape index (κ1) is 11.6. The molecule has 1 amide bonds. The Balaban J connectivity index is 2.51. The zero-order valence-corrected chi connectivity index (χ0v) is 9.21. The van der Waals surface area contributed by atoms with Crippen LogP contribution in [0.4, 0.5) is 0 Å². The normalized spacial score (nSPS) is 9.13. The minimum atomic E-state index is -0.426. The molecule has 0 aromatic heterocycles.